The van der Waals surface area contributed by atoms with Crippen molar-refractivity contribution in [3.8, 4) is 69.1 Å². The molecule has 6 aromatic heterocycles. The summed E-state index contributed by atoms with van der Waals surface area (Å²) in [7, 11) is -0.0165. The number of carbonyl (C=O) groups excluding carboxylic acids is 1. The Balaban J connectivity index is 0.000000279. The zero-order valence-electron chi connectivity index (χ0n) is 41.7. The number of nitrogens with zero attached hydrogens (tertiary/aromatic N) is 9. The smallest absolute Gasteiger partial charge is 0.422 e. The number of carbonyl (C=O) groups is 2. The van der Waals surface area contributed by atoms with Crippen LogP contribution in [0.1, 0.15) is 38.8 Å². The fraction of sp³-hybridized carbons (Fsp3) is 0.447. The lowest BCUT2D eigenvalue weighted by Crippen LogP contribution is -2.32. The van der Waals surface area contributed by atoms with Gasteiger partial charge < -0.3 is 33.5 Å². The normalized spacial score (nSPS) is 12.2. The molecule has 0 saturated carbocycles. The number of nitrogens with one attached hydrogen (secondary N) is 1. The molecule has 26 heteroatoms. The number of alkyl halides is 6. The van der Waals surface area contributed by atoms with Crippen LogP contribution in [0, 0.1) is 24.7 Å². The van der Waals surface area contributed by atoms with Gasteiger partial charge in [-0.25, -0.2) is 9.97 Å². The maximum absolute atomic E-state index is 12.8. The van der Waals surface area contributed by atoms with Gasteiger partial charge in [-0.05, 0) is 70.8 Å². The molecule has 0 atom stereocenters. The number of aromatic amines is 1. The van der Waals surface area contributed by atoms with E-state index in [1.807, 2.05) is 13.8 Å². The molecule has 0 aliphatic heterocycles. The number of esters is 1. The molecule has 0 bridgehead atoms. The summed E-state index contributed by atoms with van der Waals surface area (Å²) in [5.41, 5.74) is 3.60. The number of aliphatic carboxylic acids is 1. The fourth-order valence-electron chi connectivity index (χ4n) is 5.98. The van der Waals surface area contributed by atoms with E-state index in [0.29, 0.717) is 29.8 Å². The van der Waals surface area contributed by atoms with Crippen LogP contribution in [0.4, 0.5) is 26.3 Å². The summed E-state index contributed by atoms with van der Waals surface area (Å²) < 4.78 is 107. The van der Waals surface area contributed by atoms with Crippen molar-refractivity contribution >= 4 is 20.0 Å². The van der Waals surface area contributed by atoms with Gasteiger partial charge in [-0.2, -0.15) is 41.0 Å². The SMILES string of the molecule is COC(=O)C(C)(C)COc1cc(C)c(-c2ccc(-c3nc(OCC(F)(F)F)n(COCC[Si](C)(C)C)n3)nc2)cn1.Cc1cc(OCC(C)(C)C(=O)O)ncc1-c1ccc(-c2nc(OCC(F)(F)F)n[nH]2)nc1. The number of carboxylic acids is 1. The summed E-state index contributed by atoms with van der Waals surface area (Å²) in [5, 5.41) is 19.5. The molecule has 0 spiro atoms. The van der Waals surface area contributed by atoms with E-state index in [2.05, 4.69) is 69.6 Å². The highest BCUT2D eigenvalue weighted by molar-refractivity contribution is 6.76. The van der Waals surface area contributed by atoms with E-state index in [4.69, 9.17) is 28.8 Å². The van der Waals surface area contributed by atoms with Crippen molar-refractivity contribution in [2.75, 3.05) is 40.1 Å². The highest BCUT2D eigenvalue weighted by Crippen LogP contribution is 2.30. The average molecular weight is 1050 g/mol. The third kappa shape index (κ3) is 17.2. The van der Waals surface area contributed by atoms with Crippen LogP contribution in [0.5, 0.6) is 23.8 Å². The topological polar surface area (TPSA) is 234 Å². The van der Waals surface area contributed by atoms with E-state index < -0.39 is 56.4 Å². The van der Waals surface area contributed by atoms with Gasteiger partial charge in [0, 0.05) is 73.9 Å². The largest absolute Gasteiger partial charge is 0.481 e. The molecule has 0 aromatic carbocycles. The zero-order chi connectivity index (χ0) is 53.9. The number of H-pyrrole nitrogens is 1. The second-order valence-electron chi connectivity index (χ2n) is 19.0. The van der Waals surface area contributed by atoms with Gasteiger partial charge >= 0.3 is 36.3 Å². The number of rotatable bonds is 21. The summed E-state index contributed by atoms with van der Waals surface area (Å²) >= 11 is 0. The lowest BCUT2D eigenvalue weighted by Gasteiger charge is -2.21. The van der Waals surface area contributed by atoms with E-state index in [1.165, 1.54) is 7.11 Å². The molecule has 6 aromatic rings. The number of carboxylic acid groups (broad SMARTS) is 1. The molecule has 73 heavy (non-hydrogen) atoms. The van der Waals surface area contributed by atoms with E-state index in [0.717, 1.165) is 44.1 Å². The van der Waals surface area contributed by atoms with Crippen molar-refractivity contribution in [2.24, 2.45) is 10.8 Å². The first-order chi connectivity index (χ1) is 34.0. The number of aryl methyl sites for hydroxylation is 2. The van der Waals surface area contributed by atoms with Gasteiger partial charge in [0.2, 0.25) is 17.6 Å². The zero-order valence-corrected chi connectivity index (χ0v) is 42.7. The lowest BCUT2D eigenvalue weighted by molar-refractivity contribution is -0.156. The monoisotopic (exact) mass is 1050 g/mol. The van der Waals surface area contributed by atoms with Crippen molar-refractivity contribution in [3.05, 3.63) is 72.3 Å². The molecule has 0 aliphatic carbocycles. The third-order valence-electron chi connectivity index (χ3n) is 10.3. The predicted molar refractivity (Wildman–Crippen MR) is 254 cm³/mol. The Bertz CT molecular complexity index is 2800. The Morgan fingerprint density at radius 1 is 0.699 bits per heavy atom. The first-order valence-electron chi connectivity index (χ1n) is 22.3. The first-order valence-corrected chi connectivity index (χ1v) is 26.0. The number of pyridine rings is 4. The van der Waals surface area contributed by atoms with Gasteiger partial charge in [0.15, 0.2) is 19.0 Å². The molecular weight excluding hydrogens is 991 g/mol. The molecule has 19 nitrogen and oxygen atoms in total. The molecule has 0 aliphatic rings. The number of hydrogen-bond acceptors (Lipinski definition) is 16. The number of methoxy groups -OCH3 is 1. The van der Waals surface area contributed by atoms with Crippen molar-refractivity contribution in [2.45, 2.75) is 86.3 Å². The Hall–Kier alpha value is -7.22. The Morgan fingerprint density at radius 3 is 1.71 bits per heavy atom. The second kappa shape index (κ2) is 23.5. The van der Waals surface area contributed by atoms with Crippen molar-refractivity contribution < 1.29 is 69.5 Å². The van der Waals surface area contributed by atoms with E-state index in [-0.39, 0.29) is 43.6 Å². The highest BCUT2D eigenvalue weighted by atomic mass is 28.3. The Labute approximate surface area is 417 Å². The van der Waals surface area contributed by atoms with Gasteiger partial charge in [0.25, 0.3) is 0 Å². The number of halogens is 6. The standard InChI is InChI=1S/C27H36F3N5O5Si.C20H20F3N5O4/c1-18-12-22(39-15-26(2,3)24(36)37-4)32-14-20(18)19-8-9-21(31-13-19)23-33-25(40-16-27(28,29)30)35(34-23)17-38-10-11-41(5,6)7;1-11-6-15(31-9-19(2,3)17(29)30)25-8-13(11)12-4-5-14(24-7-12)16-26-18(28-27-16)32-10-20(21,22)23/h8-9,12-14H,10-11,15-17H2,1-7H3;4-8H,9-10H2,1-3H3,(H,29,30)(H,26,27,28). The van der Waals surface area contributed by atoms with E-state index in [1.54, 1.807) is 88.9 Å². The third-order valence-corrected chi connectivity index (χ3v) is 12.0. The number of hydrogen-bond donors (Lipinski definition) is 2. The number of aromatic nitrogens is 10. The summed E-state index contributed by atoms with van der Waals surface area (Å²) in [4.78, 5) is 48.3. The summed E-state index contributed by atoms with van der Waals surface area (Å²) in [5.74, 6) is -0.422. The predicted octanol–water partition coefficient (Wildman–Crippen LogP) is 9.21. The molecule has 6 heterocycles. The van der Waals surface area contributed by atoms with Crippen LogP contribution in [-0.2, 0) is 25.8 Å². The molecule has 0 amide bonds. The quantitative estimate of drug-likeness (QED) is 0.0296. The molecule has 0 radical (unpaired) electrons. The van der Waals surface area contributed by atoms with Crippen LogP contribution in [0.3, 0.4) is 0 Å². The Kier molecular flexibility index (Phi) is 18.3. The first kappa shape index (κ1) is 56.7. The van der Waals surface area contributed by atoms with Gasteiger partial charge in [0.1, 0.15) is 31.3 Å². The fourth-order valence-corrected chi connectivity index (χ4v) is 6.74. The summed E-state index contributed by atoms with van der Waals surface area (Å²) in [6, 6.07) is 10.4. The van der Waals surface area contributed by atoms with Crippen molar-refractivity contribution in [1.82, 2.24) is 49.9 Å². The van der Waals surface area contributed by atoms with E-state index in [9.17, 15) is 35.9 Å². The van der Waals surface area contributed by atoms with Crippen LogP contribution >= 0.6 is 0 Å². The molecule has 0 fully saturated rings. The van der Waals surface area contributed by atoms with Crippen LogP contribution in [0.2, 0.25) is 25.7 Å². The molecule has 394 valence electrons. The van der Waals surface area contributed by atoms with Crippen LogP contribution in [0.25, 0.3) is 45.3 Å². The maximum atomic E-state index is 12.8. The van der Waals surface area contributed by atoms with Crippen LogP contribution in [0.15, 0.2) is 61.2 Å². The van der Waals surface area contributed by atoms with Gasteiger partial charge in [-0.3, -0.25) is 24.7 Å². The minimum absolute atomic E-state index is 0.0315. The van der Waals surface area contributed by atoms with Gasteiger partial charge in [0.05, 0.1) is 17.9 Å². The minimum atomic E-state index is -4.53. The molecule has 2 N–H and O–H groups in total. The van der Waals surface area contributed by atoms with Crippen LogP contribution in [-0.4, -0.2) is 127 Å². The number of ether oxygens (including phenoxy) is 6. The van der Waals surface area contributed by atoms with Crippen molar-refractivity contribution in [3.63, 3.8) is 0 Å². The molecule has 0 saturated heterocycles. The van der Waals surface area contributed by atoms with Crippen LogP contribution < -0.4 is 18.9 Å². The average Bonchev–Trinajstić information content (AvgIpc) is 3.97. The molecule has 6 rings (SSSR count). The maximum Gasteiger partial charge on any atom is 0.422 e. The van der Waals surface area contributed by atoms with Gasteiger partial charge in [-0.1, -0.05) is 31.8 Å². The van der Waals surface area contributed by atoms with E-state index >= 15 is 0 Å². The van der Waals surface area contributed by atoms with Crippen molar-refractivity contribution in [1.29, 1.82) is 0 Å². The second-order valence-corrected chi connectivity index (χ2v) is 24.6. The summed E-state index contributed by atoms with van der Waals surface area (Å²) in [6.07, 6.45) is -2.62. The molecule has 0 unspecified atom stereocenters. The summed E-state index contributed by atoms with van der Waals surface area (Å²) in [6.45, 7) is 14.3. The lowest BCUT2D eigenvalue weighted by atomic mass is 9.95. The molecular formula is C47H56F6N10O9Si. The highest BCUT2D eigenvalue weighted by Gasteiger charge is 2.32. The Morgan fingerprint density at radius 2 is 1.23 bits per heavy atom. The minimum Gasteiger partial charge on any atom is -0.481 e. The van der Waals surface area contributed by atoms with Gasteiger partial charge in [-0.15, -0.1) is 10.2 Å².